The zero-order valence-electron chi connectivity index (χ0n) is 9.81. The lowest BCUT2D eigenvalue weighted by Crippen LogP contribution is -2.05. The SMILES string of the molecule is CC(=O)Nc1ccc(Oc2ccccc2)c(Cl)c1. The standard InChI is InChI=1S/C14H12ClNO2/c1-10(17)16-11-7-8-14(13(15)9-11)18-12-5-3-2-4-6-12/h2-9H,1H3,(H,16,17). The number of amides is 1. The molecule has 0 aliphatic carbocycles. The van der Waals surface area contributed by atoms with E-state index in [9.17, 15) is 4.79 Å². The van der Waals surface area contributed by atoms with Crippen molar-refractivity contribution in [2.45, 2.75) is 6.92 Å². The Balaban J connectivity index is 2.17. The Labute approximate surface area is 110 Å². The summed E-state index contributed by atoms with van der Waals surface area (Å²) in [5.74, 6) is 1.13. The van der Waals surface area contributed by atoms with Crippen molar-refractivity contribution in [2.24, 2.45) is 0 Å². The molecule has 0 spiro atoms. The van der Waals surface area contributed by atoms with Crippen LogP contribution in [0, 0.1) is 0 Å². The summed E-state index contributed by atoms with van der Waals surface area (Å²) < 4.78 is 5.62. The van der Waals surface area contributed by atoms with Crippen LogP contribution in [0.15, 0.2) is 48.5 Å². The summed E-state index contributed by atoms with van der Waals surface area (Å²) in [5.41, 5.74) is 0.646. The lowest BCUT2D eigenvalue weighted by molar-refractivity contribution is -0.114. The number of carbonyl (C=O) groups is 1. The molecular weight excluding hydrogens is 250 g/mol. The van der Waals surface area contributed by atoms with Crippen LogP contribution in [-0.2, 0) is 4.79 Å². The minimum atomic E-state index is -0.136. The largest absolute Gasteiger partial charge is 0.456 e. The normalized spacial score (nSPS) is 9.89. The number of halogens is 1. The molecule has 92 valence electrons. The molecular formula is C14H12ClNO2. The van der Waals surface area contributed by atoms with Gasteiger partial charge in [0.2, 0.25) is 5.91 Å². The van der Waals surface area contributed by atoms with Gasteiger partial charge in [0.05, 0.1) is 5.02 Å². The summed E-state index contributed by atoms with van der Waals surface area (Å²) in [5, 5.41) is 3.11. The van der Waals surface area contributed by atoms with Crippen LogP contribution in [0.4, 0.5) is 5.69 Å². The fourth-order valence-electron chi connectivity index (χ4n) is 1.48. The molecule has 0 atom stereocenters. The van der Waals surface area contributed by atoms with Gasteiger partial charge in [-0.2, -0.15) is 0 Å². The molecule has 0 saturated carbocycles. The van der Waals surface area contributed by atoms with Crippen molar-refractivity contribution in [3.8, 4) is 11.5 Å². The smallest absolute Gasteiger partial charge is 0.221 e. The van der Waals surface area contributed by atoms with Crippen LogP contribution in [-0.4, -0.2) is 5.91 Å². The van der Waals surface area contributed by atoms with Gasteiger partial charge >= 0.3 is 0 Å². The predicted octanol–water partition coefficient (Wildman–Crippen LogP) is 4.09. The number of para-hydroxylation sites is 1. The van der Waals surface area contributed by atoms with Crippen molar-refractivity contribution in [3.63, 3.8) is 0 Å². The lowest BCUT2D eigenvalue weighted by Gasteiger charge is -2.09. The van der Waals surface area contributed by atoms with Crippen LogP contribution in [0.2, 0.25) is 5.02 Å². The first kappa shape index (κ1) is 12.5. The van der Waals surface area contributed by atoms with Gasteiger partial charge < -0.3 is 10.1 Å². The lowest BCUT2D eigenvalue weighted by atomic mass is 10.3. The summed E-state index contributed by atoms with van der Waals surface area (Å²) in [7, 11) is 0. The zero-order chi connectivity index (χ0) is 13.0. The van der Waals surface area contributed by atoms with Crippen molar-refractivity contribution in [1.29, 1.82) is 0 Å². The molecule has 0 saturated heterocycles. The maximum atomic E-state index is 10.9. The number of nitrogens with one attached hydrogen (secondary N) is 1. The summed E-state index contributed by atoms with van der Waals surface area (Å²) in [6.45, 7) is 1.45. The Hall–Kier alpha value is -2.00. The average molecular weight is 262 g/mol. The fraction of sp³-hybridized carbons (Fsp3) is 0.0714. The van der Waals surface area contributed by atoms with Crippen molar-refractivity contribution < 1.29 is 9.53 Å². The van der Waals surface area contributed by atoms with E-state index in [0.29, 0.717) is 22.2 Å². The van der Waals surface area contributed by atoms with E-state index in [1.807, 2.05) is 30.3 Å². The van der Waals surface area contributed by atoms with Gasteiger partial charge in [-0.3, -0.25) is 4.79 Å². The highest BCUT2D eigenvalue weighted by Crippen LogP contribution is 2.31. The quantitative estimate of drug-likeness (QED) is 0.904. The van der Waals surface area contributed by atoms with Crippen LogP contribution >= 0.6 is 11.6 Å². The topological polar surface area (TPSA) is 38.3 Å². The van der Waals surface area contributed by atoms with E-state index >= 15 is 0 Å². The molecule has 0 aliphatic heterocycles. The minimum absolute atomic E-state index is 0.136. The van der Waals surface area contributed by atoms with Crippen LogP contribution in [0.5, 0.6) is 11.5 Å². The van der Waals surface area contributed by atoms with Gasteiger partial charge in [-0.1, -0.05) is 29.8 Å². The number of hydrogen-bond donors (Lipinski definition) is 1. The second-order valence-electron chi connectivity index (χ2n) is 3.74. The highest BCUT2D eigenvalue weighted by molar-refractivity contribution is 6.32. The van der Waals surface area contributed by atoms with Crippen molar-refractivity contribution >= 4 is 23.2 Å². The van der Waals surface area contributed by atoms with E-state index in [1.165, 1.54) is 6.92 Å². The van der Waals surface area contributed by atoms with Crippen LogP contribution in [0.25, 0.3) is 0 Å². The minimum Gasteiger partial charge on any atom is -0.456 e. The van der Waals surface area contributed by atoms with Crippen LogP contribution in [0.3, 0.4) is 0 Å². The molecule has 0 unspecified atom stereocenters. The van der Waals surface area contributed by atoms with Crippen molar-refractivity contribution in [2.75, 3.05) is 5.32 Å². The number of ether oxygens (including phenoxy) is 1. The molecule has 1 amide bonds. The number of benzene rings is 2. The zero-order valence-corrected chi connectivity index (χ0v) is 10.6. The third-order valence-corrected chi connectivity index (χ3v) is 2.52. The van der Waals surface area contributed by atoms with E-state index in [2.05, 4.69) is 5.32 Å². The van der Waals surface area contributed by atoms with E-state index in [1.54, 1.807) is 18.2 Å². The Morgan fingerprint density at radius 2 is 1.89 bits per heavy atom. The summed E-state index contributed by atoms with van der Waals surface area (Å²) >= 11 is 6.09. The van der Waals surface area contributed by atoms with Gasteiger partial charge in [-0.15, -0.1) is 0 Å². The molecule has 2 aromatic carbocycles. The number of hydrogen-bond acceptors (Lipinski definition) is 2. The molecule has 2 aromatic rings. The molecule has 18 heavy (non-hydrogen) atoms. The third-order valence-electron chi connectivity index (χ3n) is 2.22. The van der Waals surface area contributed by atoms with Gasteiger partial charge in [-0.05, 0) is 30.3 Å². The van der Waals surface area contributed by atoms with Crippen molar-refractivity contribution in [1.82, 2.24) is 0 Å². The summed E-state index contributed by atoms with van der Waals surface area (Å²) in [6.07, 6.45) is 0. The first-order valence-corrected chi connectivity index (χ1v) is 5.83. The van der Waals surface area contributed by atoms with Gasteiger partial charge in [0.15, 0.2) is 0 Å². The second-order valence-corrected chi connectivity index (χ2v) is 4.15. The first-order chi connectivity index (χ1) is 8.65. The van der Waals surface area contributed by atoms with Gasteiger partial charge in [0.1, 0.15) is 11.5 Å². The molecule has 1 N–H and O–H groups in total. The van der Waals surface area contributed by atoms with Gasteiger partial charge in [0.25, 0.3) is 0 Å². The van der Waals surface area contributed by atoms with E-state index in [-0.39, 0.29) is 5.91 Å². The molecule has 0 bridgehead atoms. The molecule has 0 fully saturated rings. The highest BCUT2D eigenvalue weighted by Gasteiger charge is 2.05. The first-order valence-electron chi connectivity index (χ1n) is 5.45. The Bertz CT molecular complexity index is 555. The van der Waals surface area contributed by atoms with E-state index in [4.69, 9.17) is 16.3 Å². The Kier molecular flexibility index (Phi) is 3.85. The van der Waals surface area contributed by atoms with E-state index < -0.39 is 0 Å². The van der Waals surface area contributed by atoms with Gasteiger partial charge in [0, 0.05) is 12.6 Å². The number of anilines is 1. The maximum absolute atomic E-state index is 10.9. The second kappa shape index (κ2) is 5.56. The number of carbonyl (C=O) groups excluding carboxylic acids is 1. The molecule has 2 rings (SSSR count). The predicted molar refractivity (Wildman–Crippen MR) is 72.3 cm³/mol. The highest BCUT2D eigenvalue weighted by atomic mass is 35.5. The molecule has 0 radical (unpaired) electrons. The fourth-order valence-corrected chi connectivity index (χ4v) is 1.70. The van der Waals surface area contributed by atoms with Crippen LogP contribution < -0.4 is 10.1 Å². The monoisotopic (exact) mass is 261 g/mol. The Morgan fingerprint density at radius 1 is 1.17 bits per heavy atom. The third kappa shape index (κ3) is 3.25. The maximum Gasteiger partial charge on any atom is 0.221 e. The molecule has 0 aromatic heterocycles. The molecule has 3 nitrogen and oxygen atoms in total. The van der Waals surface area contributed by atoms with Crippen molar-refractivity contribution in [3.05, 3.63) is 53.6 Å². The summed E-state index contributed by atoms with van der Waals surface area (Å²) in [4.78, 5) is 10.9. The van der Waals surface area contributed by atoms with Crippen LogP contribution in [0.1, 0.15) is 6.92 Å². The average Bonchev–Trinajstić information content (AvgIpc) is 2.33. The Morgan fingerprint density at radius 3 is 2.50 bits per heavy atom. The molecule has 0 heterocycles. The van der Waals surface area contributed by atoms with Gasteiger partial charge in [-0.25, -0.2) is 0 Å². The molecule has 4 heteroatoms. The molecule has 0 aliphatic rings. The summed E-state index contributed by atoms with van der Waals surface area (Å²) in [6, 6.07) is 14.5. The van der Waals surface area contributed by atoms with E-state index in [0.717, 1.165) is 0 Å². The number of rotatable bonds is 3.